The number of thiocarbonyl (C=S) groups is 1. The van der Waals surface area contributed by atoms with E-state index in [-0.39, 0.29) is 23.3 Å². The summed E-state index contributed by atoms with van der Waals surface area (Å²) >= 11 is 5.05. The van der Waals surface area contributed by atoms with Gasteiger partial charge >= 0.3 is 0 Å². The predicted molar refractivity (Wildman–Crippen MR) is 76.5 cm³/mol. The molecule has 3 N–H and O–H groups in total. The molecule has 0 atom stereocenters. The summed E-state index contributed by atoms with van der Waals surface area (Å²) in [7, 11) is 0. The van der Waals surface area contributed by atoms with Gasteiger partial charge in [-0.15, -0.1) is 0 Å². The fourth-order valence-electron chi connectivity index (χ4n) is 2.97. The minimum atomic E-state index is -0.722. The molecule has 2 amide bonds. The van der Waals surface area contributed by atoms with Gasteiger partial charge in [0.2, 0.25) is 11.8 Å². The molecule has 1 aliphatic carbocycles. The molecule has 19 heavy (non-hydrogen) atoms. The standard InChI is InChI=1S/C13H21N3O2S/c14-11(19)13(5-1-2-6-13)12(18)15-9-10(17)16-7-3-4-8-16/h1-9H2,(H2,14,19)(H,15,18). The number of nitrogens with one attached hydrogen (secondary N) is 1. The highest BCUT2D eigenvalue weighted by Gasteiger charge is 2.44. The maximum atomic E-state index is 12.3. The molecule has 0 bridgehead atoms. The lowest BCUT2D eigenvalue weighted by Gasteiger charge is -2.26. The topological polar surface area (TPSA) is 75.4 Å². The van der Waals surface area contributed by atoms with Crippen LogP contribution in [0.4, 0.5) is 0 Å². The molecule has 5 nitrogen and oxygen atoms in total. The second kappa shape index (κ2) is 5.86. The Labute approximate surface area is 118 Å². The number of likely N-dealkylation sites (tertiary alicyclic amines) is 1. The fourth-order valence-corrected chi connectivity index (χ4v) is 3.26. The second-order valence-corrected chi connectivity index (χ2v) is 5.86. The zero-order valence-corrected chi connectivity index (χ0v) is 11.9. The quantitative estimate of drug-likeness (QED) is 0.740. The van der Waals surface area contributed by atoms with Crippen LogP contribution >= 0.6 is 12.2 Å². The number of hydrogen-bond acceptors (Lipinski definition) is 3. The molecule has 0 aromatic carbocycles. The van der Waals surface area contributed by atoms with Crippen LogP contribution in [-0.2, 0) is 9.59 Å². The maximum absolute atomic E-state index is 12.3. The molecule has 0 aromatic heterocycles. The average Bonchev–Trinajstić information content (AvgIpc) is 3.05. The number of carbonyl (C=O) groups excluding carboxylic acids is 2. The average molecular weight is 283 g/mol. The van der Waals surface area contributed by atoms with Gasteiger partial charge in [-0.05, 0) is 25.7 Å². The van der Waals surface area contributed by atoms with Gasteiger partial charge in [-0.3, -0.25) is 9.59 Å². The number of nitrogens with zero attached hydrogens (tertiary/aromatic N) is 1. The Kier molecular flexibility index (Phi) is 4.39. The van der Waals surface area contributed by atoms with Crippen LogP contribution in [0.15, 0.2) is 0 Å². The summed E-state index contributed by atoms with van der Waals surface area (Å²) in [6.07, 6.45) is 5.43. The van der Waals surface area contributed by atoms with Crippen molar-refractivity contribution in [2.24, 2.45) is 11.1 Å². The lowest BCUT2D eigenvalue weighted by atomic mass is 9.85. The van der Waals surface area contributed by atoms with Crippen LogP contribution in [0.25, 0.3) is 0 Å². The number of amides is 2. The minimum absolute atomic E-state index is 0.0121. The van der Waals surface area contributed by atoms with Gasteiger partial charge < -0.3 is 16.0 Å². The number of nitrogens with two attached hydrogens (primary N) is 1. The van der Waals surface area contributed by atoms with Crippen molar-refractivity contribution < 1.29 is 9.59 Å². The van der Waals surface area contributed by atoms with E-state index in [9.17, 15) is 9.59 Å². The van der Waals surface area contributed by atoms with E-state index >= 15 is 0 Å². The van der Waals surface area contributed by atoms with Crippen LogP contribution in [0.5, 0.6) is 0 Å². The first-order valence-electron chi connectivity index (χ1n) is 6.92. The van der Waals surface area contributed by atoms with Gasteiger partial charge in [0.1, 0.15) is 0 Å². The van der Waals surface area contributed by atoms with Crippen LogP contribution in [0.2, 0.25) is 0 Å². The van der Waals surface area contributed by atoms with Crippen LogP contribution in [-0.4, -0.2) is 41.3 Å². The Hall–Kier alpha value is -1.17. The molecule has 2 fully saturated rings. The molecular weight excluding hydrogens is 262 g/mol. The SMILES string of the molecule is NC(=S)C1(C(=O)NCC(=O)N2CCCC2)CCCC1. The summed E-state index contributed by atoms with van der Waals surface area (Å²) in [6.45, 7) is 1.66. The highest BCUT2D eigenvalue weighted by molar-refractivity contribution is 7.80. The van der Waals surface area contributed by atoms with Crippen molar-refractivity contribution in [2.75, 3.05) is 19.6 Å². The second-order valence-electron chi connectivity index (χ2n) is 5.42. The molecule has 0 unspecified atom stereocenters. The van der Waals surface area contributed by atoms with Crippen molar-refractivity contribution in [3.63, 3.8) is 0 Å². The van der Waals surface area contributed by atoms with E-state index in [4.69, 9.17) is 18.0 Å². The molecule has 0 spiro atoms. The molecule has 0 aromatic rings. The van der Waals surface area contributed by atoms with Gasteiger partial charge in [0.15, 0.2) is 0 Å². The number of rotatable bonds is 4. The van der Waals surface area contributed by atoms with E-state index in [2.05, 4.69) is 5.32 Å². The zero-order valence-electron chi connectivity index (χ0n) is 11.1. The van der Waals surface area contributed by atoms with Crippen molar-refractivity contribution in [1.29, 1.82) is 0 Å². The molecule has 0 radical (unpaired) electrons. The molecular formula is C13H21N3O2S. The zero-order chi connectivity index (χ0) is 13.9. The van der Waals surface area contributed by atoms with E-state index < -0.39 is 5.41 Å². The summed E-state index contributed by atoms with van der Waals surface area (Å²) in [5, 5.41) is 2.73. The van der Waals surface area contributed by atoms with E-state index in [0.717, 1.165) is 38.8 Å². The highest BCUT2D eigenvalue weighted by Crippen LogP contribution is 2.38. The van der Waals surface area contributed by atoms with E-state index in [1.165, 1.54) is 0 Å². The van der Waals surface area contributed by atoms with Crippen LogP contribution < -0.4 is 11.1 Å². The molecule has 106 valence electrons. The summed E-state index contributed by atoms with van der Waals surface area (Å²) in [5.74, 6) is -0.188. The normalized spacial score (nSPS) is 21.4. The van der Waals surface area contributed by atoms with Gasteiger partial charge in [0.25, 0.3) is 0 Å². The van der Waals surface area contributed by atoms with Crippen LogP contribution in [0.3, 0.4) is 0 Å². The van der Waals surface area contributed by atoms with Crippen molar-refractivity contribution in [3.8, 4) is 0 Å². The maximum Gasteiger partial charge on any atom is 0.241 e. The molecule has 2 aliphatic rings. The first-order chi connectivity index (χ1) is 9.06. The lowest BCUT2D eigenvalue weighted by molar-refractivity contribution is -0.134. The van der Waals surface area contributed by atoms with Crippen molar-refractivity contribution in [2.45, 2.75) is 38.5 Å². The van der Waals surface area contributed by atoms with Gasteiger partial charge in [-0.2, -0.15) is 0 Å². The van der Waals surface area contributed by atoms with Gasteiger partial charge in [-0.25, -0.2) is 0 Å². The van der Waals surface area contributed by atoms with Gasteiger partial charge in [0, 0.05) is 13.1 Å². The van der Waals surface area contributed by atoms with Gasteiger partial charge in [0.05, 0.1) is 16.9 Å². The van der Waals surface area contributed by atoms with Crippen molar-refractivity contribution >= 4 is 29.0 Å². The largest absolute Gasteiger partial charge is 0.392 e. The van der Waals surface area contributed by atoms with E-state index in [1.54, 1.807) is 4.90 Å². The van der Waals surface area contributed by atoms with Crippen molar-refractivity contribution in [1.82, 2.24) is 10.2 Å². The summed E-state index contributed by atoms with van der Waals surface area (Å²) in [6, 6.07) is 0. The molecule has 1 heterocycles. The fraction of sp³-hybridized carbons (Fsp3) is 0.769. The van der Waals surface area contributed by atoms with Crippen LogP contribution in [0.1, 0.15) is 38.5 Å². The third-order valence-corrected chi connectivity index (χ3v) is 4.61. The summed E-state index contributed by atoms with van der Waals surface area (Å²) in [4.78, 5) is 26.2. The third kappa shape index (κ3) is 2.88. The molecule has 1 saturated carbocycles. The Morgan fingerprint density at radius 1 is 1.16 bits per heavy atom. The minimum Gasteiger partial charge on any atom is -0.392 e. The monoisotopic (exact) mass is 283 g/mol. The molecule has 6 heteroatoms. The Balaban J connectivity index is 1.89. The smallest absolute Gasteiger partial charge is 0.241 e. The van der Waals surface area contributed by atoms with E-state index in [0.29, 0.717) is 12.8 Å². The summed E-state index contributed by atoms with van der Waals surface area (Å²) in [5.41, 5.74) is 5.02. The van der Waals surface area contributed by atoms with Crippen molar-refractivity contribution in [3.05, 3.63) is 0 Å². The first kappa shape index (κ1) is 14.2. The van der Waals surface area contributed by atoms with Crippen LogP contribution in [0, 0.1) is 5.41 Å². The molecule has 1 saturated heterocycles. The summed E-state index contributed by atoms with van der Waals surface area (Å²) < 4.78 is 0. The van der Waals surface area contributed by atoms with E-state index in [1.807, 2.05) is 0 Å². The number of carbonyl (C=O) groups is 2. The lowest BCUT2D eigenvalue weighted by Crippen LogP contribution is -2.49. The first-order valence-corrected chi connectivity index (χ1v) is 7.33. The molecule has 2 rings (SSSR count). The highest BCUT2D eigenvalue weighted by atomic mass is 32.1. The Bertz CT molecular complexity index is 385. The number of hydrogen-bond donors (Lipinski definition) is 2. The van der Waals surface area contributed by atoms with Gasteiger partial charge in [-0.1, -0.05) is 25.1 Å². The Morgan fingerprint density at radius 3 is 2.26 bits per heavy atom. The third-order valence-electron chi connectivity index (χ3n) is 4.22. The predicted octanol–water partition coefficient (Wildman–Crippen LogP) is 0.571. The molecule has 1 aliphatic heterocycles. The Morgan fingerprint density at radius 2 is 1.74 bits per heavy atom.